The van der Waals surface area contributed by atoms with Crippen LogP contribution in [0.2, 0.25) is 0 Å². The third-order valence-corrected chi connectivity index (χ3v) is 4.57. The van der Waals surface area contributed by atoms with Crippen LogP contribution in [-0.2, 0) is 19.6 Å². The second-order valence-corrected chi connectivity index (χ2v) is 7.01. The third kappa shape index (κ3) is 8.19. The van der Waals surface area contributed by atoms with Gasteiger partial charge in [-0.1, -0.05) is 0 Å². The fraction of sp³-hybridized carbons (Fsp3) is 0.550. The van der Waals surface area contributed by atoms with Crippen molar-refractivity contribution in [2.75, 3.05) is 19.7 Å². The van der Waals surface area contributed by atoms with E-state index in [-0.39, 0.29) is 42.5 Å². The van der Waals surface area contributed by atoms with Crippen LogP contribution in [0.3, 0.4) is 0 Å². The smallest absolute Gasteiger partial charge is 0.417 e. The van der Waals surface area contributed by atoms with E-state index < -0.39 is 11.7 Å². The van der Waals surface area contributed by atoms with Gasteiger partial charge in [-0.05, 0) is 45.7 Å². The van der Waals surface area contributed by atoms with Gasteiger partial charge in [0.2, 0.25) is 5.88 Å². The molecule has 2 N–H and O–H groups in total. The van der Waals surface area contributed by atoms with Crippen molar-refractivity contribution in [2.24, 2.45) is 12.0 Å². The Morgan fingerprint density at radius 3 is 2.52 bits per heavy atom. The van der Waals surface area contributed by atoms with Crippen LogP contribution < -0.4 is 15.4 Å². The van der Waals surface area contributed by atoms with E-state index in [2.05, 4.69) is 32.6 Å². The van der Waals surface area contributed by atoms with Gasteiger partial charge in [-0.2, -0.15) is 18.3 Å². The lowest BCUT2D eigenvalue weighted by atomic mass is 10.1. The summed E-state index contributed by atoms with van der Waals surface area (Å²) in [6.45, 7) is 9.32. The van der Waals surface area contributed by atoms with Crippen LogP contribution in [0, 0.1) is 13.8 Å². The predicted molar refractivity (Wildman–Crippen MR) is 125 cm³/mol. The standard InChI is InChI=1S/C20H29F3N6O.HI/c1-6-24-19(27-13(2)11-17-14(3)28-29(5)15(17)4)25-9-10-30-18-8-7-16(12-26-18)20(21,22)23;/h7-8,12-13H,6,9-11H2,1-5H3,(H2,24,25,27);1H. The molecule has 2 aromatic rings. The molecule has 0 aromatic carbocycles. The third-order valence-electron chi connectivity index (χ3n) is 4.57. The molecule has 174 valence electrons. The van der Waals surface area contributed by atoms with Crippen LogP contribution in [0.25, 0.3) is 0 Å². The lowest BCUT2D eigenvalue weighted by Crippen LogP contribution is -2.43. The molecule has 2 rings (SSSR count). The number of aryl methyl sites for hydroxylation is 2. The van der Waals surface area contributed by atoms with Gasteiger partial charge in [-0.15, -0.1) is 24.0 Å². The predicted octanol–water partition coefficient (Wildman–Crippen LogP) is 3.63. The summed E-state index contributed by atoms with van der Waals surface area (Å²) in [7, 11) is 1.93. The molecule has 0 aliphatic rings. The first-order chi connectivity index (χ1) is 14.1. The number of nitrogens with zero attached hydrogens (tertiary/aromatic N) is 4. The molecule has 0 aliphatic heterocycles. The van der Waals surface area contributed by atoms with E-state index in [4.69, 9.17) is 4.74 Å². The van der Waals surface area contributed by atoms with Gasteiger partial charge >= 0.3 is 6.18 Å². The first-order valence-corrected chi connectivity index (χ1v) is 9.81. The van der Waals surface area contributed by atoms with Crippen LogP contribution in [0.15, 0.2) is 23.3 Å². The molecule has 11 heteroatoms. The Kier molecular flexibility index (Phi) is 10.5. The van der Waals surface area contributed by atoms with Crippen molar-refractivity contribution in [3.05, 3.63) is 40.8 Å². The first-order valence-electron chi connectivity index (χ1n) is 9.81. The summed E-state index contributed by atoms with van der Waals surface area (Å²) < 4.78 is 44.9. The maximum atomic E-state index is 12.6. The van der Waals surface area contributed by atoms with Gasteiger partial charge in [0, 0.05) is 37.6 Å². The van der Waals surface area contributed by atoms with Crippen molar-refractivity contribution in [3.63, 3.8) is 0 Å². The normalized spacial score (nSPS) is 12.8. The first kappa shape index (κ1) is 27.0. The van der Waals surface area contributed by atoms with E-state index >= 15 is 0 Å². The number of pyridine rings is 1. The molecule has 1 unspecified atom stereocenters. The number of ether oxygens (including phenoxy) is 1. The molecule has 31 heavy (non-hydrogen) atoms. The number of hydrogen-bond donors (Lipinski definition) is 2. The summed E-state index contributed by atoms with van der Waals surface area (Å²) >= 11 is 0. The van der Waals surface area contributed by atoms with E-state index in [1.807, 2.05) is 32.5 Å². The quantitative estimate of drug-likeness (QED) is 0.226. The maximum absolute atomic E-state index is 12.6. The topological polar surface area (TPSA) is 76.4 Å². The highest BCUT2D eigenvalue weighted by molar-refractivity contribution is 14.0. The lowest BCUT2D eigenvalue weighted by molar-refractivity contribution is -0.137. The van der Waals surface area contributed by atoms with Crippen molar-refractivity contribution in [1.29, 1.82) is 0 Å². The minimum Gasteiger partial charge on any atom is -0.476 e. The SMILES string of the molecule is CCNC(=NCCOc1ccc(C(F)(F)F)cn1)NC(C)Cc1c(C)nn(C)c1C.I. The Labute approximate surface area is 197 Å². The Balaban J connectivity index is 0.00000480. The molecule has 1 atom stereocenters. The van der Waals surface area contributed by atoms with Gasteiger partial charge in [0.15, 0.2) is 5.96 Å². The van der Waals surface area contributed by atoms with Crippen molar-refractivity contribution in [2.45, 2.75) is 46.3 Å². The van der Waals surface area contributed by atoms with Crippen LogP contribution >= 0.6 is 24.0 Å². The Morgan fingerprint density at radius 2 is 2.00 bits per heavy atom. The fourth-order valence-corrected chi connectivity index (χ4v) is 2.96. The molecule has 0 bridgehead atoms. The number of hydrogen-bond acceptors (Lipinski definition) is 4. The second kappa shape index (κ2) is 12.1. The minimum atomic E-state index is -4.41. The highest BCUT2D eigenvalue weighted by atomic mass is 127. The van der Waals surface area contributed by atoms with Gasteiger partial charge in [-0.25, -0.2) is 9.98 Å². The summed E-state index contributed by atoms with van der Waals surface area (Å²) in [6.07, 6.45) is -2.85. The summed E-state index contributed by atoms with van der Waals surface area (Å²) in [6, 6.07) is 2.28. The number of aliphatic imine (C=N–C) groups is 1. The molecule has 2 heterocycles. The molecule has 0 aliphatic carbocycles. The van der Waals surface area contributed by atoms with Crippen molar-refractivity contribution < 1.29 is 17.9 Å². The average Bonchev–Trinajstić information content (AvgIpc) is 2.91. The number of aromatic nitrogens is 3. The lowest BCUT2D eigenvalue weighted by Gasteiger charge is -2.18. The number of rotatable bonds is 8. The summed E-state index contributed by atoms with van der Waals surface area (Å²) in [5.41, 5.74) is 2.56. The molecule has 0 spiro atoms. The van der Waals surface area contributed by atoms with E-state index in [1.54, 1.807) is 0 Å². The van der Waals surface area contributed by atoms with Gasteiger partial charge in [-0.3, -0.25) is 4.68 Å². The highest BCUT2D eigenvalue weighted by Crippen LogP contribution is 2.29. The van der Waals surface area contributed by atoms with Gasteiger partial charge in [0.1, 0.15) is 6.61 Å². The summed E-state index contributed by atoms with van der Waals surface area (Å²) in [5, 5.41) is 11.0. The molecular weight excluding hydrogens is 524 g/mol. The molecule has 2 aromatic heterocycles. The summed E-state index contributed by atoms with van der Waals surface area (Å²) in [4.78, 5) is 8.14. The minimum absolute atomic E-state index is 0. The molecular formula is C20H30F3IN6O. The van der Waals surface area contributed by atoms with Crippen LogP contribution in [0.4, 0.5) is 13.2 Å². The fourth-order valence-electron chi connectivity index (χ4n) is 2.96. The number of halogens is 4. The molecule has 7 nitrogen and oxygen atoms in total. The molecule has 0 saturated heterocycles. The van der Waals surface area contributed by atoms with Crippen LogP contribution in [0.5, 0.6) is 5.88 Å². The van der Waals surface area contributed by atoms with E-state index in [1.165, 1.54) is 11.6 Å². The van der Waals surface area contributed by atoms with Crippen molar-refractivity contribution >= 4 is 29.9 Å². The van der Waals surface area contributed by atoms with Crippen molar-refractivity contribution in [3.8, 4) is 5.88 Å². The molecule has 0 saturated carbocycles. The van der Waals surface area contributed by atoms with E-state index in [0.29, 0.717) is 19.0 Å². The molecule has 0 fully saturated rings. The summed E-state index contributed by atoms with van der Waals surface area (Å²) in [5.74, 6) is 0.778. The largest absolute Gasteiger partial charge is 0.476 e. The maximum Gasteiger partial charge on any atom is 0.417 e. The zero-order valence-electron chi connectivity index (χ0n) is 18.4. The number of guanidine groups is 1. The van der Waals surface area contributed by atoms with Crippen LogP contribution in [-0.4, -0.2) is 46.5 Å². The monoisotopic (exact) mass is 554 g/mol. The number of alkyl halides is 3. The van der Waals surface area contributed by atoms with Gasteiger partial charge < -0.3 is 15.4 Å². The molecule has 0 amide bonds. The van der Waals surface area contributed by atoms with E-state index in [0.717, 1.165) is 30.1 Å². The van der Waals surface area contributed by atoms with Crippen LogP contribution in [0.1, 0.15) is 36.4 Å². The molecule has 0 radical (unpaired) electrons. The van der Waals surface area contributed by atoms with Gasteiger partial charge in [0.05, 0.1) is 17.8 Å². The Morgan fingerprint density at radius 1 is 1.29 bits per heavy atom. The Hall–Kier alpha value is -2.05. The zero-order chi connectivity index (χ0) is 22.3. The van der Waals surface area contributed by atoms with E-state index in [9.17, 15) is 13.2 Å². The van der Waals surface area contributed by atoms with Gasteiger partial charge in [0.25, 0.3) is 0 Å². The number of nitrogens with one attached hydrogen (secondary N) is 2. The van der Waals surface area contributed by atoms with Crippen molar-refractivity contribution in [1.82, 2.24) is 25.4 Å². The second-order valence-electron chi connectivity index (χ2n) is 7.01. The highest BCUT2D eigenvalue weighted by Gasteiger charge is 2.30. The Bertz CT molecular complexity index is 852. The average molecular weight is 554 g/mol. The zero-order valence-corrected chi connectivity index (χ0v) is 20.7.